The molecule has 0 rings (SSSR count). The molecule has 0 amide bonds. The van der Waals surface area contributed by atoms with Crippen molar-refractivity contribution in [3.8, 4) is 0 Å². The van der Waals surface area contributed by atoms with Crippen molar-refractivity contribution in [2.24, 2.45) is 0 Å². The molecular weight excluding hydrogens is 200 g/mol. The molecule has 0 bridgehead atoms. The molecular formula is C9H20N2O4. The third-order valence-electron chi connectivity index (χ3n) is 1.05. The Bertz CT molecular complexity index is 209. The minimum Gasteiger partial charge on any atom is -0.544 e. The summed E-state index contributed by atoms with van der Waals surface area (Å²) in [5.74, 6) is -1.79. The quantitative estimate of drug-likeness (QED) is 0.558. The average molecular weight is 220 g/mol. The molecule has 0 atom stereocenters. The molecule has 0 fully saturated rings. The number of carboxylic acid groups (broad SMARTS) is 2. The monoisotopic (exact) mass is 220 g/mol. The number of hydrogen-bond donors (Lipinski definition) is 1. The van der Waals surface area contributed by atoms with Gasteiger partial charge in [-0.2, -0.15) is 0 Å². The van der Waals surface area contributed by atoms with E-state index in [2.05, 4.69) is 0 Å². The number of aliphatic carboxylic acids is 2. The lowest BCUT2D eigenvalue weighted by molar-refractivity contribution is -0.864. The predicted octanol–water partition coefficient (Wildman–Crippen LogP) is -1.92. The molecule has 0 aromatic heterocycles. The second-order valence-electron chi connectivity index (χ2n) is 4.45. The molecule has 0 aromatic rings. The van der Waals surface area contributed by atoms with Gasteiger partial charge >= 0.3 is 5.97 Å². The van der Waals surface area contributed by atoms with Crippen molar-refractivity contribution >= 4 is 11.9 Å². The highest BCUT2D eigenvalue weighted by Gasteiger charge is 2.04. The molecule has 0 aliphatic heterocycles. The average Bonchev–Trinajstić information content (AvgIpc) is 1.76. The van der Waals surface area contributed by atoms with Crippen LogP contribution in [0.2, 0.25) is 0 Å². The van der Waals surface area contributed by atoms with E-state index in [0.29, 0.717) is 4.48 Å². The minimum absolute atomic E-state index is 0.0694. The molecule has 0 aromatic carbocycles. The van der Waals surface area contributed by atoms with Crippen molar-refractivity contribution in [1.82, 2.24) is 4.90 Å². The molecule has 6 heteroatoms. The second kappa shape index (κ2) is 7.19. The highest BCUT2D eigenvalue weighted by atomic mass is 16.4. The Kier molecular flexibility index (Phi) is 7.81. The van der Waals surface area contributed by atoms with Gasteiger partial charge in [0.05, 0.1) is 33.7 Å². The summed E-state index contributed by atoms with van der Waals surface area (Å²) in [5.41, 5.74) is 0. The molecule has 0 unspecified atom stereocenters. The molecule has 6 nitrogen and oxygen atoms in total. The van der Waals surface area contributed by atoms with Gasteiger partial charge in [-0.15, -0.1) is 0 Å². The highest BCUT2D eigenvalue weighted by molar-refractivity contribution is 5.68. The Balaban J connectivity index is 0. The van der Waals surface area contributed by atoms with Gasteiger partial charge in [-0.3, -0.25) is 9.69 Å². The molecule has 0 saturated heterocycles. The van der Waals surface area contributed by atoms with Gasteiger partial charge in [-0.1, -0.05) is 0 Å². The maximum Gasteiger partial charge on any atom is 0.317 e. The fourth-order valence-corrected chi connectivity index (χ4v) is 0.658. The zero-order chi connectivity index (χ0) is 12.6. The Hall–Kier alpha value is -1.14. The normalized spacial score (nSPS) is 10.5. The third kappa shape index (κ3) is 24.6. The largest absolute Gasteiger partial charge is 0.544 e. The van der Waals surface area contributed by atoms with Crippen LogP contribution in [0.25, 0.3) is 0 Å². The third-order valence-corrected chi connectivity index (χ3v) is 1.05. The van der Waals surface area contributed by atoms with Crippen molar-refractivity contribution in [1.29, 1.82) is 0 Å². The molecule has 0 aliphatic rings. The van der Waals surface area contributed by atoms with Crippen LogP contribution in [0.15, 0.2) is 0 Å². The lowest BCUT2D eigenvalue weighted by atomic mass is 10.5. The van der Waals surface area contributed by atoms with E-state index in [1.54, 1.807) is 40.1 Å². The van der Waals surface area contributed by atoms with Crippen molar-refractivity contribution in [2.45, 2.75) is 0 Å². The molecule has 1 N–H and O–H groups in total. The summed E-state index contributed by atoms with van der Waals surface area (Å²) in [4.78, 5) is 21.3. The maximum absolute atomic E-state index is 9.89. The van der Waals surface area contributed by atoms with Gasteiger partial charge in [0.1, 0.15) is 6.54 Å². The number of nitrogens with zero attached hydrogens (tertiary/aromatic N) is 2. The Morgan fingerprint density at radius 3 is 1.67 bits per heavy atom. The Labute approximate surface area is 90.3 Å². The van der Waals surface area contributed by atoms with Gasteiger partial charge in [0.25, 0.3) is 0 Å². The Morgan fingerprint density at radius 2 is 1.67 bits per heavy atom. The van der Waals surface area contributed by atoms with Crippen LogP contribution in [-0.2, 0) is 9.59 Å². The lowest BCUT2D eigenvalue weighted by Gasteiger charge is -2.23. The van der Waals surface area contributed by atoms with Crippen LogP contribution < -0.4 is 5.11 Å². The topological polar surface area (TPSA) is 80.7 Å². The summed E-state index contributed by atoms with van der Waals surface area (Å²) < 4.78 is 0.419. The predicted molar refractivity (Wildman–Crippen MR) is 54.1 cm³/mol. The Morgan fingerprint density at radius 1 is 1.27 bits per heavy atom. The fraction of sp³-hybridized carbons (Fsp3) is 0.778. The van der Waals surface area contributed by atoms with Crippen LogP contribution in [0.5, 0.6) is 0 Å². The summed E-state index contributed by atoms with van der Waals surface area (Å²) in [6, 6.07) is 0. The number of quaternary nitrogens is 1. The molecule has 0 heterocycles. The fourth-order valence-electron chi connectivity index (χ4n) is 0.658. The summed E-state index contributed by atoms with van der Waals surface area (Å²) in [5, 5.41) is 17.9. The molecule has 0 spiro atoms. The first kappa shape index (κ1) is 16.3. The van der Waals surface area contributed by atoms with Crippen LogP contribution in [0.4, 0.5) is 0 Å². The smallest absolute Gasteiger partial charge is 0.317 e. The van der Waals surface area contributed by atoms with Gasteiger partial charge in [0, 0.05) is 0 Å². The van der Waals surface area contributed by atoms with E-state index in [0.717, 1.165) is 0 Å². The van der Waals surface area contributed by atoms with E-state index in [1.807, 2.05) is 0 Å². The highest BCUT2D eigenvalue weighted by Crippen LogP contribution is 1.84. The second-order valence-corrected chi connectivity index (χ2v) is 4.45. The van der Waals surface area contributed by atoms with Crippen molar-refractivity contribution in [2.75, 3.05) is 48.3 Å². The first-order chi connectivity index (χ1) is 6.54. The van der Waals surface area contributed by atoms with Crippen LogP contribution in [-0.4, -0.2) is 74.8 Å². The number of carboxylic acids is 2. The first-order valence-corrected chi connectivity index (χ1v) is 4.41. The number of carbonyl (C=O) groups is 2. The number of hydrogen-bond acceptors (Lipinski definition) is 4. The zero-order valence-corrected chi connectivity index (χ0v) is 9.98. The molecule has 0 saturated carbocycles. The van der Waals surface area contributed by atoms with Crippen molar-refractivity contribution in [3.05, 3.63) is 0 Å². The summed E-state index contributed by atoms with van der Waals surface area (Å²) in [6.07, 6.45) is 0. The molecule has 0 aliphatic carbocycles. The summed E-state index contributed by atoms with van der Waals surface area (Å²) >= 11 is 0. The van der Waals surface area contributed by atoms with E-state index in [4.69, 9.17) is 5.11 Å². The van der Waals surface area contributed by atoms with Crippen LogP contribution in [0.1, 0.15) is 0 Å². The number of rotatable bonds is 4. The van der Waals surface area contributed by atoms with E-state index < -0.39 is 11.9 Å². The minimum atomic E-state index is -1.00. The van der Waals surface area contributed by atoms with Gasteiger partial charge in [0.15, 0.2) is 0 Å². The molecule has 0 radical (unpaired) electrons. The van der Waals surface area contributed by atoms with E-state index in [1.165, 1.54) is 0 Å². The van der Waals surface area contributed by atoms with Crippen molar-refractivity contribution < 1.29 is 24.3 Å². The van der Waals surface area contributed by atoms with E-state index in [9.17, 15) is 14.7 Å². The lowest BCUT2D eigenvalue weighted by Crippen LogP contribution is -2.45. The van der Waals surface area contributed by atoms with Crippen LogP contribution in [0, 0.1) is 0 Å². The standard InChI is InChI=1S/C5H11NO2.C4H9NO2/c1-6(2,3)4-5(7)8;1-5(2)3-4(6)7/h4H2,1-3H3;3H2,1-2H3,(H,6,7). The number of likely N-dealkylation sites (N-methyl/N-ethyl adjacent to an activating group) is 2. The van der Waals surface area contributed by atoms with Gasteiger partial charge < -0.3 is 19.5 Å². The number of carbonyl (C=O) groups excluding carboxylic acids is 1. The van der Waals surface area contributed by atoms with Crippen LogP contribution >= 0.6 is 0 Å². The molecule has 15 heavy (non-hydrogen) atoms. The van der Waals surface area contributed by atoms with E-state index >= 15 is 0 Å². The van der Waals surface area contributed by atoms with Gasteiger partial charge in [-0.05, 0) is 14.1 Å². The molecule has 90 valence electrons. The van der Waals surface area contributed by atoms with E-state index in [-0.39, 0.29) is 13.1 Å². The summed E-state index contributed by atoms with van der Waals surface area (Å²) in [6.45, 7) is 0.181. The maximum atomic E-state index is 9.89. The van der Waals surface area contributed by atoms with Crippen molar-refractivity contribution in [3.63, 3.8) is 0 Å². The van der Waals surface area contributed by atoms with Gasteiger partial charge in [0.2, 0.25) is 0 Å². The van der Waals surface area contributed by atoms with Gasteiger partial charge in [-0.25, -0.2) is 0 Å². The first-order valence-electron chi connectivity index (χ1n) is 4.41. The van der Waals surface area contributed by atoms with Crippen LogP contribution in [0.3, 0.4) is 0 Å². The zero-order valence-electron chi connectivity index (χ0n) is 9.98. The summed E-state index contributed by atoms with van der Waals surface area (Å²) in [7, 11) is 8.84. The SMILES string of the molecule is CN(C)CC(=O)O.C[N+](C)(C)CC(=O)[O-].